The van der Waals surface area contributed by atoms with Crippen molar-refractivity contribution >= 4 is 33.3 Å². The molecule has 0 saturated heterocycles. The maximum atomic E-state index is 13.5. The summed E-state index contributed by atoms with van der Waals surface area (Å²) >= 11 is 1.70. The van der Waals surface area contributed by atoms with Gasteiger partial charge in [-0.15, -0.1) is 17.9 Å². The molecule has 7 heteroatoms. The van der Waals surface area contributed by atoms with Crippen LogP contribution in [0.1, 0.15) is 27.6 Å². The van der Waals surface area contributed by atoms with E-state index in [2.05, 4.69) is 18.0 Å². The Balaban J connectivity index is 1.59. The number of thiophene rings is 1. The Morgan fingerprint density at radius 3 is 2.48 bits per heavy atom. The molecule has 0 radical (unpaired) electrons. The summed E-state index contributed by atoms with van der Waals surface area (Å²) in [4.78, 5) is 16.6. The van der Waals surface area contributed by atoms with Gasteiger partial charge in [-0.2, -0.15) is 4.31 Å². The summed E-state index contributed by atoms with van der Waals surface area (Å²) in [5.41, 5.74) is 2.91. The lowest BCUT2D eigenvalue weighted by Gasteiger charge is -2.37. The van der Waals surface area contributed by atoms with Crippen LogP contribution in [0.25, 0.3) is 6.08 Å². The highest BCUT2D eigenvalue weighted by molar-refractivity contribution is 7.92. The maximum Gasteiger partial charge on any atom is 0.238 e. The van der Waals surface area contributed by atoms with E-state index in [4.69, 9.17) is 0 Å². The molecule has 0 aliphatic carbocycles. The fourth-order valence-corrected chi connectivity index (χ4v) is 6.05. The first-order valence-electron chi connectivity index (χ1n) is 10.7. The second-order valence-corrected chi connectivity index (χ2v) is 10.6. The molecule has 4 rings (SSSR count). The van der Waals surface area contributed by atoms with Crippen LogP contribution in [0.15, 0.2) is 90.2 Å². The predicted octanol–water partition coefficient (Wildman–Crippen LogP) is 4.71. The number of carbonyl (C=O) groups is 1. The van der Waals surface area contributed by atoms with E-state index in [9.17, 15) is 13.2 Å². The molecule has 170 valence electrons. The van der Waals surface area contributed by atoms with Gasteiger partial charge in [-0.1, -0.05) is 66.7 Å². The summed E-state index contributed by atoms with van der Waals surface area (Å²) in [7, 11) is -3.81. The van der Waals surface area contributed by atoms with Gasteiger partial charge in [0, 0.05) is 23.4 Å². The van der Waals surface area contributed by atoms with Crippen LogP contribution < -0.4 is 0 Å². The summed E-state index contributed by atoms with van der Waals surface area (Å²) in [6.45, 7) is 4.05. The Hall–Kier alpha value is -3.00. The van der Waals surface area contributed by atoms with Gasteiger partial charge in [-0.3, -0.25) is 4.79 Å². The highest BCUT2D eigenvalue weighted by atomic mass is 32.2. The lowest BCUT2D eigenvalue weighted by Crippen LogP contribution is -2.46. The topological polar surface area (TPSA) is 57.7 Å². The third-order valence-corrected chi connectivity index (χ3v) is 8.11. The Morgan fingerprint density at radius 2 is 1.79 bits per heavy atom. The quantitative estimate of drug-likeness (QED) is 0.441. The van der Waals surface area contributed by atoms with E-state index in [0.717, 1.165) is 28.5 Å². The Labute approximate surface area is 199 Å². The van der Waals surface area contributed by atoms with Crippen molar-refractivity contribution in [2.45, 2.75) is 12.5 Å². The number of nitrogens with zero attached hydrogens (tertiary/aromatic N) is 2. The molecule has 2 aromatic carbocycles. The van der Waals surface area contributed by atoms with Gasteiger partial charge in [0.25, 0.3) is 0 Å². The minimum absolute atomic E-state index is 0.0563. The molecule has 0 bridgehead atoms. The zero-order chi connectivity index (χ0) is 23.3. The van der Waals surface area contributed by atoms with Crippen LogP contribution in [0.5, 0.6) is 0 Å². The molecular weight excluding hydrogens is 452 g/mol. The van der Waals surface area contributed by atoms with E-state index in [-0.39, 0.29) is 25.0 Å². The second kappa shape index (κ2) is 10.3. The Kier molecular flexibility index (Phi) is 7.23. The van der Waals surface area contributed by atoms with E-state index >= 15 is 0 Å². The predicted molar refractivity (Wildman–Crippen MR) is 134 cm³/mol. The normalized spacial score (nSPS) is 16.2. The molecule has 3 aromatic rings. The van der Waals surface area contributed by atoms with Gasteiger partial charge in [0.15, 0.2) is 0 Å². The zero-order valence-electron chi connectivity index (χ0n) is 18.2. The monoisotopic (exact) mass is 478 g/mol. The molecule has 33 heavy (non-hydrogen) atoms. The van der Waals surface area contributed by atoms with Gasteiger partial charge in [-0.05, 0) is 40.6 Å². The molecule has 1 amide bonds. The van der Waals surface area contributed by atoms with E-state index in [1.165, 1.54) is 15.3 Å². The van der Waals surface area contributed by atoms with Crippen molar-refractivity contribution in [2.75, 3.05) is 19.6 Å². The van der Waals surface area contributed by atoms with Crippen molar-refractivity contribution in [2.24, 2.45) is 0 Å². The van der Waals surface area contributed by atoms with Crippen LogP contribution in [0.2, 0.25) is 0 Å². The van der Waals surface area contributed by atoms with Gasteiger partial charge >= 0.3 is 0 Å². The number of benzene rings is 2. The van der Waals surface area contributed by atoms with E-state index in [0.29, 0.717) is 6.54 Å². The van der Waals surface area contributed by atoms with Gasteiger partial charge in [0.05, 0.1) is 12.6 Å². The van der Waals surface area contributed by atoms with Crippen LogP contribution in [-0.2, 0) is 21.2 Å². The zero-order valence-corrected chi connectivity index (χ0v) is 19.8. The van der Waals surface area contributed by atoms with Crippen molar-refractivity contribution < 1.29 is 13.2 Å². The molecule has 1 unspecified atom stereocenters. The molecule has 0 spiro atoms. The summed E-state index contributed by atoms with van der Waals surface area (Å²) in [5, 5.41) is 3.21. The smallest absolute Gasteiger partial charge is 0.238 e. The van der Waals surface area contributed by atoms with Crippen molar-refractivity contribution in [1.29, 1.82) is 0 Å². The van der Waals surface area contributed by atoms with Crippen LogP contribution >= 0.6 is 11.3 Å². The third-order valence-electron chi connectivity index (χ3n) is 5.64. The van der Waals surface area contributed by atoms with Crippen LogP contribution in [0.3, 0.4) is 0 Å². The molecule has 1 aliphatic rings. The minimum Gasteiger partial charge on any atom is -0.330 e. The van der Waals surface area contributed by atoms with Crippen molar-refractivity contribution in [3.05, 3.63) is 112 Å². The largest absolute Gasteiger partial charge is 0.330 e. The van der Waals surface area contributed by atoms with Gasteiger partial charge in [-0.25, -0.2) is 8.42 Å². The summed E-state index contributed by atoms with van der Waals surface area (Å²) < 4.78 is 27.3. The molecule has 0 N–H and O–H groups in total. The summed E-state index contributed by atoms with van der Waals surface area (Å²) in [6.07, 6.45) is 3.81. The summed E-state index contributed by atoms with van der Waals surface area (Å²) in [6, 6.07) is 20.9. The lowest BCUT2D eigenvalue weighted by molar-refractivity contribution is -0.133. The van der Waals surface area contributed by atoms with E-state index in [1.807, 2.05) is 60.7 Å². The number of hydrogen-bond donors (Lipinski definition) is 0. The number of hydrogen-bond acceptors (Lipinski definition) is 4. The minimum atomic E-state index is -3.81. The Morgan fingerprint density at radius 1 is 1.09 bits per heavy atom. The first kappa shape index (κ1) is 23.2. The highest BCUT2D eigenvalue weighted by Gasteiger charge is 2.34. The SMILES string of the molecule is C=CCN(CC(=O)N1CCc2sccc2C1c1ccccc1)S(=O)(=O)C=Cc1ccccc1. The lowest BCUT2D eigenvalue weighted by atomic mass is 9.93. The average Bonchev–Trinajstić information content (AvgIpc) is 3.32. The second-order valence-electron chi connectivity index (χ2n) is 7.79. The van der Waals surface area contributed by atoms with E-state index in [1.54, 1.807) is 22.3 Å². The fraction of sp³-hybridized carbons (Fsp3) is 0.192. The first-order valence-corrected chi connectivity index (χ1v) is 13.1. The number of carbonyl (C=O) groups excluding carboxylic acids is 1. The van der Waals surface area contributed by atoms with Gasteiger partial charge in [0.1, 0.15) is 0 Å². The van der Waals surface area contributed by atoms with Crippen molar-refractivity contribution in [3.8, 4) is 0 Å². The van der Waals surface area contributed by atoms with Crippen molar-refractivity contribution in [3.63, 3.8) is 0 Å². The van der Waals surface area contributed by atoms with Crippen LogP contribution in [0, 0.1) is 0 Å². The number of fused-ring (bicyclic) bond motifs is 1. The molecule has 0 fully saturated rings. The van der Waals surface area contributed by atoms with Gasteiger partial charge in [0.2, 0.25) is 15.9 Å². The molecule has 2 heterocycles. The summed E-state index contributed by atoms with van der Waals surface area (Å²) in [5.74, 6) is -0.223. The highest BCUT2D eigenvalue weighted by Crippen LogP contribution is 2.37. The molecule has 1 atom stereocenters. The maximum absolute atomic E-state index is 13.5. The number of rotatable bonds is 8. The number of sulfonamides is 1. The molecular formula is C26H26N2O3S2. The standard InChI is InChI=1S/C26H26N2O3S2/c1-2-16-27(33(30,31)19-15-21-9-5-3-6-10-21)20-25(29)28-17-13-24-23(14-18-32-24)26(28)22-11-7-4-8-12-22/h2-12,14-15,18-19,26H,1,13,16-17,20H2. The third kappa shape index (κ3) is 5.33. The number of amides is 1. The molecule has 1 aliphatic heterocycles. The van der Waals surface area contributed by atoms with Crippen LogP contribution in [-0.4, -0.2) is 43.2 Å². The first-order chi connectivity index (χ1) is 16.0. The average molecular weight is 479 g/mol. The molecule has 1 aromatic heterocycles. The Bertz CT molecular complexity index is 1230. The van der Waals surface area contributed by atoms with Crippen LogP contribution in [0.4, 0.5) is 0 Å². The molecule has 0 saturated carbocycles. The van der Waals surface area contributed by atoms with Gasteiger partial charge < -0.3 is 4.90 Å². The fourth-order valence-electron chi connectivity index (χ4n) is 4.04. The van der Waals surface area contributed by atoms with E-state index < -0.39 is 10.0 Å². The van der Waals surface area contributed by atoms with Crippen molar-refractivity contribution in [1.82, 2.24) is 9.21 Å². The molecule has 5 nitrogen and oxygen atoms in total.